The number of nitrogens with zero attached hydrogens (tertiary/aromatic N) is 5. The van der Waals surface area contributed by atoms with Crippen molar-refractivity contribution in [3.63, 3.8) is 0 Å². The van der Waals surface area contributed by atoms with E-state index in [1.807, 2.05) is 13.8 Å². The molecule has 7 heteroatoms. The zero-order valence-corrected chi connectivity index (χ0v) is 15.5. The fourth-order valence-electron chi connectivity index (χ4n) is 3.51. The maximum absolute atomic E-state index is 12.7. The number of likely N-dealkylation sites (tertiary alicyclic amines) is 1. The van der Waals surface area contributed by atoms with Gasteiger partial charge in [-0.05, 0) is 13.5 Å². The van der Waals surface area contributed by atoms with Gasteiger partial charge in [-0.1, -0.05) is 13.8 Å². The predicted octanol–water partition coefficient (Wildman–Crippen LogP) is 0.424. The molecule has 0 spiro atoms. The molecule has 7 nitrogen and oxygen atoms in total. The fourth-order valence-corrected chi connectivity index (χ4v) is 3.51. The lowest BCUT2D eigenvalue weighted by atomic mass is 10.0. The van der Waals surface area contributed by atoms with Crippen LogP contribution in [0.1, 0.15) is 42.4 Å². The Balaban J connectivity index is 1.58. The van der Waals surface area contributed by atoms with Gasteiger partial charge in [-0.2, -0.15) is 0 Å². The molecule has 0 aromatic carbocycles. The van der Waals surface area contributed by atoms with E-state index in [1.165, 1.54) is 0 Å². The van der Waals surface area contributed by atoms with Crippen molar-refractivity contribution < 1.29 is 9.90 Å². The van der Waals surface area contributed by atoms with Gasteiger partial charge in [0.1, 0.15) is 5.82 Å². The third kappa shape index (κ3) is 4.34. The summed E-state index contributed by atoms with van der Waals surface area (Å²) in [5.74, 6) is 0.888. The number of amides is 1. The van der Waals surface area contributed by atoms with Crippen molar-refractivity contribution in [2.75, 3.05) is 52.9 Å². The Morgan fingerprint density at radius 1 is 1.20 bits per heavy atom. The van der Waals surface area contributed by atoms with Crippen LogP contribution in [-0.4, -0.2) is 94.1 Å². The number of carbonyl (C=O) groups is 1. The van der Waals surface area contributed by atoms with Crippen molar-refractivity contribution in [1.82, 2.24) is 24.7 Å². The number of hydrogen-bond donors (Lipinski definition) is 1. The topological polar surface area (TPSA) is 72.8 Å². The first-order chi connectivity index (χ1) is 11.9. The van der Waals surface area contributed by atoms with Gasteiger partial charge in [0.05, 0.1) is 17.7 Å². The van der Waals surface area contributed by atoms with Crippen molar-refractivity contribution in [1.29, 1.82) is 0 Å². The van der Waals surface area contributed by atoms with Gasteiger partial charge in [-0.15, -0.1) is 0 Å². The van der Waals surface area contributed by atoms with E-state index in [4.69, 9.17) is 0 Å². The van der Waals surface area contributed by atoms with E-state index < -0.39 is 5.60 Å². The van der Waals surface area contributed by atoms with E-state index >= 15 is 0 Å². The summed E-state index contributed by atoms with van der Waals surface area (Å²) in [4.78, 5) is 27.5. The first-order valence-electron chi connectivity index (χ1n) is 9.11. The van der Waals surface area contributed by atoms with Gasteiger partial charge in [-0.25, -0.2) is 9.97 Å². The Morgan fingerprint density at radius 3 is 2.44 bits per heavy atom. The number of carbonyl (C=O) groups excluding carboxylic acids is 1. The molecule has 0 saturated carbocycles. The van der Waals surface area contributed by atoms with E-state index in [9.17, 15) is 9.90 Å². The molecule has 1 amide bonds. The molecule has 1 atom stereocenters. The van der Waals surface area contributed by atoms with Crippen LogP contribution in [0, 0.1) is 0 Å². The molecule has 2 saturated heterocycles. The first-order valence-corrected chi connectivity index (χ1v) is 9.11. The average Bonchev–Trinajstić information content (AvgIpc) is 2.98. The van der Waals surface area contributed by atoms with E-state index in [2.05, 4.69) is 26.8 Å². The fraction of sp³-hybridized carbons (Fsp3) is 0.722. The SMILES string of the molecule is CC(C)c1ncc(C(=O)N2CCC(O)(CN3CCN(C)CC3)C2)cn1. The minimum atomic E-state index is -0.815. The van der Waals surface area contributed by atoms with Gasteiger partial charge in [-0.3, -0.25) is 9.69 Å². The maximum Gasteiger partial charge on any atom is 0.257 e. The summed E-state index contributed by atoms with van der Waals surface area (Å²) in [6.45, 7) is 9.63. The summed E-state index contributed by atoms with van der Waals surface area (Å²) in [7, 11) is 2.12. The molecule has 3 rings (SSSR count). The van der Waals surface area contributed by atoms with E-state index in [0.29, 0.717) is 31.6 Å². The van der Waals surface area contributed by atoms with Gasteiger partial charge in [0, 0.05) is 57.6 Å². The van der Waals surface area contributed by atoms with E-state index in [0.717, 1.165) is 32.0 Å². The minimum absolute atomic E-state index is 0.0930. The molecular weight excluding hydrogens is 318 g/mol. The molecule has 0 bridgehead atoms. The molecule has 25 heavy (non-hydrogen) atoms. The predicted molar refractivity (Wildman–Crippen MR) is 95.5 cm³/mol. The minimum Gasteiger partial charge on any atom is -0.387 e. The molecule has 2 aliphatic heterocycles. The van der Waals surface area contributed by atoms with E-state index in [1.54, 1.807) is 17.3 Å². The highest BCUT2D eigenvalue weighted by Crippen LogP contribution is 2.24. The van der Waals surface area contributed by atoms with Crippen LogP contribution in [0.2, 0.25) is 0 Å². The summed E-state index contributed by atoms with van der Waals surface area (Å²) in [6.07, 6.45) is 3.82. The lowest BCUT2D eigenvalue weighted by Gasteiger charge is -2.36. The molecule has 1 N–H and O–H groups in total. The third-order valence-corrected chi connectivity index (χ3v) is 5.17. The van der Waals surface area contributed by atoms with Crippen LogP contribution in [0.5, 0.6) is 0 Å². The summed E-state index contributed by atoms with van der Waals surface area (Å²) >= 11 is 0. The number of β-amino-alcohol motifs (C(OH)–C–C–N with tert-alkyl or cyclic N) is 1. The van der Waals surface area contributed by atoms with Crippen molar-refractivity contribution in [2.24, 2.45) is 0 Å². The quantitative estimate of drug-likeness (QED) is 0.851. The highest BCUT2D eigenvalue weighted by Gasteiger charge is 2.40. The molecule has 1 aromatic heterocycles. The number of piperazine rings is 1. The van der Waals surface area contributed by atoms with Gasteiger partial charge in [0.15, 0.2) is 0 Å². The largest absolute Gasteiger partial charge is 0.387 e. The summed E-state index contributed by atoms with van der Waals surface area (Å²) in [5.41, 5.74) is -0.321. The van der Waals surface area contributed by atoms with Crippen LogP contribution < -0.4 is 0 Å². The molecule has 1 unspecified atom stereocenters. The number of rotatable bonds is 4. The van der Waals surface area contributed by atoms with Crippen LogP contribution in [-0.2, 0) is 0 Å². The van der Waals surface area contributed by atoms with Gasteiger partial charge < -0.3 is 14.9 Å². The van der Waals surface area contributed by atoms with Crippen molar-refractivity contribution >= 4 is 5.91 Å². The molecule has 2 aliphatic rings. The smallest absolute Gasteiger partial charge is 0.257 e. The molecule has 1 aromatic rings. The second kappa shape index (κ2) is 7.35. The Morgan fingerprint density at radius 2 is 1.84 bits per heavy atom. The summed E-state index contributed by atoms with van der Waals surface area (Å²) < 4.78 is 0. The van der Waals surface area contributed by atoms with Crippen LogP contribution >= 0.6 is 0 Å². The van der Waals surface area contributed by atoms with Crippen LogP contribution in [0.25, 0.3) is 0 Å². The number of likely N-dealkylation sites (N-methyl/N-ethyl adjacent to an activating group) is 1. The second-order valence-electron chi connectivity index (χ2n) is 7.77. The van der Waals surface area contributed by atoms with Gasteiger partial charge >= 0.3 is 0 Å². The number of aromatic nitrogens is 2. The Hall–Kier alpha value is -1.57. The van der Waals surface area contributed by atoms with Crippen LogP contribution in [0.15, 0.2) is 12.4 Å². The Kier molecular flexibility index (Phi) is 5.36. The molecular formula is C18H29N5O2. The summed E-state index contributed by atoms with van der Waals surface area (Å²) in [6, 6.07) is 0. The lowest BCUT2D eigenvalue weighted by Crippen LogP contribution is -2.52. The number of hydrogen-bond acceptors (Lipinski definition) is 6. The maximum atomic E-state index is 12.7. The third-order valence-electron chi connectivity index (χ3n) is 5.17. The first kappa shape index (κ1) is 18.2. The van der Waals surface area contributed by atoms with Gasteiger partial charge in [0.25, 0.3) is 5.91 Å². The average molecular weight is 347 g/mol. The zero-order chi connectivity index (χ0) is 18.0. The lowest BCUT2D eigenvalue weighted by molar-refractivity contribution is 0.000516. The Bertz CT molecular complexity index is 598. The normalized spacial score (nSPS) is 25.7. The molecule has 0 radical (unpaired) electrons. The Labute approximate surface area is 149 Å². The monoisotopic (exact) mass is 347 g/mol. The standard InChI is InChI=1S/C18H29N5O2/c1-14(2)16-19-10-15(11-20-16)17(24)23-5-4-18(25,13-23)12-22-8-6-21(3)7-9-22/h10-11,14,25H,4-9,12-13H2,1-3H3. The molecule has 2 fully saturated rings. The van der Waals surface area contributed by atoms with Crippen molar-refractivity contribution in [3.05, 3.63) is 23.8 Å². The molecule has 138 valence electrons. The molecule has 3 heterocycles. The summed E-state index contributed by atoms with van der Waals surface area (Å²) in [5, 5.41) is 10.9. The van der Waals surface area contributed by atoms with Crippen LogP contribution in [0.4, 0.5) is 0 Å². The second-order valence-corrected chi connectivity index (χ2v) is 7.77. The van der Waals surface area contributed by atoms with Gasteiger partial charge in [0.2, 0.25) is 0 Å². The highest BCUT2D eigenvalue weighted by molar-refractivity contribution is 5.93. The molecule has 0 aliphatic carbocycles. The van der Waals surface area contributed by atoms with Crippen molar-refractivity contribution in [3.8, 4) is 0 Å². The van der Waals surface area contributed by atoms with Crippen LogP contribution in [0.3, 0.4) is 0 Å². The van der Waals surface area contributed by atoms with Crippen molar-refractivity contribution in [2.45, 2.75) is 31.8 Å². The zero-order valence-electron chi connectivity index (χ0n) is 15.5. The van der Waals surface area contributed by atoms with E-state index in [-0.39, 0.29) is 11.8 Å². The highest BCUT2D eigenvalue weighted by atomic mass is 16.3. The number of aliphatic hydroxyl groups is 1.